The van der Waals surface area contributed by atoms with Crippen molar-refractivity contribution in [2.24, 2.45) is 0 Å². The molecular formula is C78H119NO8. The molecule has 0 aromatic rings. The largest absolute Gasteiger partial charge is 0.545 e. The first-order valence-corrected chi connectivity index (χ1v) is 33.2. The number of likely N-dealkylation sites (N-methyl/N-ethyl adjacent to an activating group) is 1. The molecule has 0 heterocycles. The summed E-state index contributed by atoms with van der Waals surface area (Å²) in [6, 6.07) is 0. The molecule has 0 aliphatic carbocycles. The lowest BCUT2D eigenvalue weighted by Gasteiger charge is -2.26. The zero-order valence-corrected chi connectivity index (χ0v) is 55.0. The van der Waals surface area contributed by atoms with Crippen molar-refractivity contribution in [1.29, 1.82) is 0 Å². The number of rotatable bonds is 58. The molecule has 0 aliphatic rings. The number of carboxylic acids is 1. The molecule has 0 fully saturated rings. The van der Waals surface area contributed by atoms with Crippen molar-refractivity contribution in [1.82, 2.24) is 0 Å². The van der Waals surface area contributed by atoms with Crippen LogP contribution in [0, 0.1) is 0 Å². The Morgan fingerprint density at radius 2 is 0.632 bits per heavy atom. The molecule has 0 aliphatic heterocycles. The van der Waals surface area contributed by atoms with Crippen LogP contribution in [0.15, 0.2) is 207 Å². The summed E-state index contributed by atoms with van der Waals surface area (Å²) >= 11 is 0. The third-order valence-corrected chi connectivity index (χ3v) is 13.0. The molecule has 9 nitrogen and oxygen atoms in total. The van der Waals surface area contributed by atoms with E-state index in [-0.39, 0.29) is 32.7 Å². The maximum atomic E-state index is 12.9. The smallest absolute Gasteiger partial charge is 0.306 e. The van der Waals surface area contributed by atoms with Gasteiger partial charge in [-0.2, -0.15) is 0 Å². The van der Waals surface area contributed by atoms with Gasteiger partial charge in [0, 0.05) is 12.8 Å². The molecule has 9 heteroatoms. The van der Waals surface area contributed by atoms with Gasteiger partial charge >= 0.3 is 11.9 Å². The lowest BCUT2D eigenvalue weighted by Crippen LogP contribution is -2.44. The van der Waals surface area contributed by atoms with Crippen molar-refractivity contribution in [2.75, 3.05) is 47.5 Å². The Labute approximate surface area is 531 Å². The number of carbonyl (C=O) groups is 3. The molecule has 0 radical (unpaired) electrons. The third-order valence-electron chi connectivity index (χ3n) is 13.0. The summed E-state index contributed by atoms with van der Waals surface area (Å²) in [5.74, 6) is -2.40. The normalized spacial score (nSPS) is 14.1. The van der Waals surface area contributed by atoms with Gasteiger partial charge in [0.1, 0.15) is 13.2 Å². The Morgan fingerprint density at radius 1 is 0.345 bits per heavy atom. The Bertz CT molecular complexity index is 2180. The molecule has 0 saturated heterocycles. The van der Waals surface area contributed by atoms with Gasteiger partial charge in [-0.3, -0.25) is 9.59 Å². The van der Waals surface area contributed by atoms with Gasteiger partial charge in [0.05, 0.1) is 40.3 Å². The van der Waals surface area contributed by atoms with E-state index in [9.17, 15) is 19.5 Å². The molecule has 0 aromatic heterocycles. The minimum atomic E-state index is -1.65. The second kappa shape index (κ2) is 65.8. The van der Waals surface area contributed by atoms with Crippen molar-refractivity contribution in [3.8, 4) is 0 Å². The van der Waals surface area contributed by atoms with E-state index in [1.165, 1.54) is 25.7 Å². The van der Waals surface area contributed by atoms with Gasteiger partial charge in [-0.05, 0) is 141 Å². The maximum Gasteiger partial charge on any atom is 0.306 e. The van der Waals surface area contributed by atoms with Gasteiger partial charge in [-0.1, -0.05) is 259 Å². The Kier molecular flexibility index (Phi) is 61.2. The number of hydrogen-bond donors (Lipinski definition) is 0. The standard InChI is InChI=1S/C78H119NO8/c1-6-8-10-12-14-16-18-20-22-24-26-28-30-31-32-33-34-35-36-37-38-39-40-41-42-43-44-45-47-49-51-53-55-57-59-61-63-65-67-69-76(81)87-74(73-86-78(77(82)83)84-71-70-79(3,4)5)72-85-75(80)68-66-64-62-60-58-56-54-52-50-48-46-29-27-25-23-21-19-17-15-13-11-9-7-2/h8-11,14-17,20-23,26-29,31-32,34-35,37-38,40-41,43-44,47-50,54,56,60,62,74,78H,6-7,12-13,18-19,24-25,30,33,36,39,42,45-46,51-53,55,57-59,61,63-73H2,1-5H3/b10-8-,11-9-,16-14-,17-15-,22-20-,23-21-,28-26-,29-27-,32-31-,35-34-,38-37-,41-40-,44-43-,49-47-,50-48-,56-54-,62-60-. The Morgan fingerprint density at radius 3 is 0.954 bits per heavy atom. The summed E-state index contributed by atoms with van der Waals surface area (Å²) in [5, 5.41) is 11.8. The van der Waals surface area contributed by atoms with E-state index >= 15 is 0 Å². The van der Waals surface area contributed by atoms with E-state index in [1.807, 2.05) is 21.1 Å². The SMILES string of the molecule is CC/C=C\C/C=C\C/C=C\C/C=C\C/C=C\C/C=C\C/C=C\C/C=C\C/C=C\C/C=C\CCCCCCCCCCC(=O)OC(COC(=O)CCC/C=C\C/C=C\C/C=C\C/C=C\C/C=C\C/C=C\C/C=C\CC)COC(OCC[N+](C)(C)C)C(=O)[O-]. The average molecular weight is 1200 g/mol. The summed E-state index contributed by atoms with van der Waals surface area (Å²) in [6.45, 7) is 4.41. The van der Waals surface area contributed by atoms with Crippen LogP contribution < -0.4 is 5.11 Å². The fourth-order valence-corrected chi connectivity index (χ4v) is 8.02. The third kappa shape index (κ3) is 67.2. The van der Waals surface area contributed by atoms with Crippen molar-refractivity contribution in [2.45, 2.75) is 219 Å². The lowest BCUT2D eigenvalue weighted by atomic mass is 10.1. The highest BCUT2D eigenvalue weighted by atomic mass is 16.7. The minimum absolute atomic E-state index is 0.125. The molecule has 0 N–H and O–H groups in total. The predicted octanol–water partition coefficient (Wildman–Crippen LogP) is 19.5. The van der Waals surface area contributed by atoms with Gasteiger partial charge in [0.25, 0.3) is 0 Å². The summed E-state index contributed by atoms with van der Waals surface area (Å²) in [7, 11) is 5.89. The van der Waals surface area contributed by atoms with E-state index in [0.717, 1.165) is 141 Å². The maximum absolute atomic E-state index is 12.9. The van der Waals surface area contributed by atoms with Crippen molar-refractivity contribution >= 4 is 17.9 Å². The number of carboxylic acid groups (broad SMARTS) is 1. The Balaban J connectivity index is 4.30. The van der Waals surface area contributed by atoms with Gasteiger partial charge < -0.3 is 33.3 Å². The van der Waals surface area contributed by atoms with E-state index in [1.54, 1.807) is 0 Å². The average Bonchev–Trinajstić information content (AvgIpc) is 3.55. The highest BCUT2D eigenvalue weighted by molar-refractivity contribution is 5.70. The molecule has 0 spiro atoms. The van der Waals surface area contributed by atoms with E-state index in [2.05, 4.69) is 220 Å². The van der Waals surface area contributed by atoms with Crippen LogP contribution in [0.4, 0.5) is 0 Å². The first-order chi connectivity index (χ1) is 42.6. The molecule has 0 amide bonds. The van der Waals surface area contributed by atoms with Gasteiger partial charge in [-0.25, -0.2) is 0 Å². The topological polar surface area (TPSA) is 111 Å². The number of quaternary nitrogens is 1. The highest BCUT2D eigenvalue weighted by Crippen LogP contribution is 2.13. The predicted molar refractivity (Wildman–Crippen MR) is 370 cm³/mol. The van der Waals surface area contributed by atoms with Crippen molar-refractivity contribution in [3.63, 3.8) is 0 Å². The number of carbonyl (C=O) groups excluding carboxylic acids is 3. The van der Waals surface area contributed by atoms with Crippen LogP contribution in [0.2, 0.25) is 0 Å². The number of esters is 2. The molecule has 2 unspecified atom stereocenters. The lowest BCUT2D eigenvalue weighted by molar-refractivity contribution is -0.870. The number of unbranched alkanes of at least 4 members (excludes halogenated alkanes) is 9. The number of nitrogens with zero attached hydrogens (tertiary/aromatic N) is 1. The van der Waals surface area contributed by atoms with Crippen LogP contribution in [-0.4, -0.2) is 82.3 Å². The van der Waals surface area contributed by atoms with Gasteiger partial charge in [0.2, 0.25) is 0 Å². The monoisotopic (exact) mass is 1200 g/mol. The van der Waals surface area contributed by atoms with E-state index in [0.29, 0.717) is 23.9 Å². The number of ether oxygens (including phenoxy) is 4. The fourth-order valence-electron chi connectivity index (χ4n) is 8.02. The van der Waals surface area contributed by atoms with Crippen LogP contribution in [0.1, 0.15) is 206 Å². The molecule has 2 atom stereocenters. The molecule has 87 heavy (non-hydrogen) atoms. The van der Waals surface area contributed by atoms with Crippen molar-refractivity contribution in [3.05, 3.63) is 207 Å². The number of aliphatic carboxylic acids is 1. The van der Waals surface area contributed by atoms with Crippen LogP contribution in [0.5, 0.6) is 0 Å². The summed E-state index contributed by atoms with van der Waals surface area (Å²) in [4.78, 5) is 37.4. The first kappa shape index (κ1) is 80.9. The molecule has 0 saturated carbocycles. The van der Waals surface area contributed by atoms with Crippen molar-refractivity contribution < 1.29 is 42.9 Å². The van der Waals surface area contributed by atoms with Gasteiger partial charge in [0.15, 0.2) is 12.4 Å². The second-order valence-corrected chi connectivity index (χ2v) is 22.3. The molecule has 0 rings (SSSR count). The second-order valence-electron chi connectivity index (χ2n) is 22.3. The molecular weight excluding hydrogens is 1080 g/mol. The van der Waals surface area contributed by atoms with Crippen LogP contribution in [0.25, 0.3) is 0 Å². The number of allylic oxidation sites excluding steroid dienone is 34. The quantitative estimate of drug-likeness (QED) is 0.0195. The zero-order chi connectivity index (χ0) is 63.3. The van der Waals surface area contributed by atoms with Crippen LogP contribution in [-0.2, 0) is 33.3 Å². The first-order valence-electron chi connectivity index (χ1n) is 33.2. The zero-order valence-electron chi connectivity index (χ0n) is 55.0. The van der Waals surface area contributed by atoms with Crippen LogP contribution >= 0.6 is 0 Å². The molecule has 484 valence electrons. The van der Waals surface area contributed by atoms with E-state index in [4.69, 9.17) is 18.9 Å². The fraction of sp³-hybridized carbons (Fsp3) is 0.526. The molecule has 0 bridgehead atoms. The Hall–Kier alpha value is -6.13. The highest BCUT2D eigenvalue weighted by Gasteiger charge is 2.22. The van der Waals surface area contributed by atoms with E-state index < -0.39 is 30.3 Å². The van der Waals surface area contributed by atoms with Gasteiger partial charge in [-0.15, -0.1) is 0 Å². The molecule has 0 aromatic carbocycles. The van der Waals surface area contributed by atoms with Crippen LogP contribution in [0.3, 0.4) is 0 Å². The summed E-state index contributed by atoms with van der Waals surface area (Å²) in [6.07, 6.45) is 100. The summed E-state index contributed by atoms with van der Waals surface area (Å²) in [5.41, 5.74) is 0. The minimum Gasteiger partial charge on any atom is -0.545 e. The summed E-state index contributed by atoms with van der Waals surface area (Å²) < 4.78 is 22.6. The number of hydrogen-bond acceptors (Lipinski definition) is 8.